The fourth-order valence-corrected chi connectivity index (χ4v) is 2.32. The van der Waals surface area contributed by atoms with Gasteiger partial charge in [0, 0.05) is 17.2 Å². The number of H-pyrrole nitrogens is 1. The van der Waals surface area contributed by atoms with Gasteiger partial charge in [-0.1, -0.05) is 24.4 Å². The Morgan fingerprint density at radius 1 is 1.37 bits per heavy atom. The van der Waals surface area contributed by atoms with Crippen LogP contribution in [0.25, 0.3) is 11.3 Å². The van der Waals surface area contributed by atoms with Crippen LogP contribution in [0.5, 0.6) is 5.75 Å². The molecule has 4 heteroatoms. The van der Waals surface area contributed by atoms with Crippen LogP contribution in [0.2, 0.25) is 0 Å². The van der Waals surface area contributed by atoms with Crippen molar-refractivity contribution in [1.29, 1.82) is 0 Å². The van der Waals surface area contributed by atoms with Crippen molar-refractivity contribution in [3.05, 3.63) is 40.8 Å². The smallest absolute Gasteiger partial charge is 0.130 e. The third-order valence-electron chi connectivity index (χ3n) is 3.18. The topological polar surface area (TPSA) is 37.9 Å². The predicted octanol–water partition coefficient (Wildman–Crippen LogP) is 4.08. The van der Waals surface area contributed by atoms with Crippen LogP contribution in [0.4, 0.5) is 0 Å². The second-order valence-corrected chi connectivity index (χ2v) is 5.17. The molecule has 0 radical (unpaired) electrons. The first kappa shape index (κ1) is 12.4. The molecule has 1 heterocycles. The highest BCUT2D eigenvalue weighted by molar-refractivity contribution is 7.71. The fourth-order valence-electron chi connectivity index (χ4n) is 2.10. The molecule has 0 amide bonds. The molecule has 0 spiro atoms. The zero-order valence-electron chi connectivity index (χ0n) is 10.8. The highest BCUT2D eigenvalue weighted by Gasteiger charge is 2.26. The summed E-state index contributed by atoms with van der Waals surface area (Å²) in [6, 6.07) is 9.95. The lowest BCUT2D eigenvalue weighted by atomic mass is 10.1. The lowest BCUT2D eigenvalue weighted by Crippen LogP contribution is -1.96. The van der Waals surface area contributed by atoms with Crippen molar-refractivity contribution < 1.29 is 4.74 Å². The summed E-state index contributed by atoms with van der Waals surface area (Å²) in [5.74, 6) is 2.46. The van der Waals surface area contributed by atoms with Crippen LogP contribution in [-0.4, -0.2) is 16.6 Å². The predicted molar refractivity (Wildman–Crippen MR) is 78.0 cm³/mol. The average molecular weight is 272 g/mol. The van der Waals surface area contributed by atoms with E-state index in [0.29, 0.717) is 17.2 Å². The van der Waals surface area contributed by atoms with Crippen molar-refractivity contribution in [2.24, 2.45) is 0 Å². The summed E-state index contributed by atoms with van der Waals surface area (Å²) in [6.07, 6.45) is 2.42. The molecule has 1 saturated carbocycles. The number of aromatic amines is 1. The monoisotopic (exact) mass is 272 g/mol. The van der Waals surface area contributed by atoms with Gasteiger partial charge in [-0.05, 0) is 38.0 Å². The maximum atomic E-state index is 5.53. The van der Waals surface area contributed by atoms with E-state index in [9.17, 15) is 0 Å². The summed E-state index contributed by atoms with van der Waals surface area (Å²) in [7, 11) is 0. The van der Waals surface area contributed by atoms with E-state index < -0.39 is 0 Å². The van der Waals surface area contributed by atoms with Gasteiger partial charge < -0.3 is 9.72 Å². The van der Waals surface area contributed by atoms with Crippen molar-refractivity contribution in [3.63, 3.8) is 0 Å². The van der Waals surface area contributed by atoms with E-state index in [1.807, 2.05) is 31.2 Å². The quantitative estimate of drug-likeness (QED) is 0.852. The van der Waals surface area contributed by atoms with Crippen molar-refractivity contribution in [2.45, 2.75) is 25.7 Å². The second kappa shape index (κ2) is 5.13. The number of ether oxygens (including phenoxy) is 1. The Bertz CT molecular complexity index is 647. The van der Waals surface area contributed by atoms with Crippen molar-refractivity contribution in [2.75, 3.05) is 6.61 Å². The minimum atomic E-state index is 0.566. The van der Waals surface area contributed by atoms with E-state index in [1.54, 1.807) is 0 Å². The highest BCUT2D eigenvalue weighted by atomic mass is 32.1. The number of aromatic nitrogens is 2. The number of rotatable bonds is 4. The van der Waals surface area contributed by atoms with Crippen LogP contribution in [0.1, 0.15) is 31.5 Å². The Kier molecular flexibility index (Phi) is 3.34. The lowest BCUT2D eigenvalue weighted by Gasteiger charge is -2.08. The number of hydrogen-bond acceptors (Lipinski definition) is 3. The van der Waals surface area contributed by atoms with Gasteiger partial charge in [0.2, 0.25) is 0 Å². The summed E-state index contributed by atoms with van der Waals surface area (Å²) < 4.78 is 6.18. The molecule has 1 aliphatic carbocycles. The molecule has 0 unspecified atom stereocenters. The molecule has 0 atom stereocenters. The molecule has 1 aromatic heterocycles. The van der Waals surface area contributed by atoms with E-state index in [2.05, 4.69) is 16.0 Å². The highest BCUT2D eigenvalue weighted by Crippen LogP contribution is 2.38. The van der Waals surface area contributed by atoms with E-state index >= 15 is 0 Å². The van der Waals surface area contributed by atoms with E-state index in [4.69, 9.17) is 17.0 Å². The first-order valence-corrected chi connectivity index (χ1v) is 7.01. The Labute approximate surface area is 117 Å². The molecule has 1 fully saturated rings. The van der Waals surface area contributed by atoms with Crippen LogP contribution in [0.15, 0.2) is 30.3 Å². The fraction of sp³-hybridized carbons (Fsp3) is 0.333. The van der Waals surface area contributed by atoms with Gasteiger partial charge in [0.05, 0.1) is 6.61 Å². The first-order valence-electron chi connectivity index (χ1n) is 6.61. The van der Waals surface area contributed by atoms with Crippen molar-refractivity contribution >= 4 is 12.2 Å². The molecular formula is C15H16N2OS. The third-order valence-corrected chi connectivity index (χ3v) is 3.39. The molecule has 19 heavy (non-hydrogen) atoms. The maximum Gasteiger partial charge on any atom is 0.130 e. The zero-order chi connectivity index (χ0) is 13.2. The summed E-state index contributed by atoms with van der Waals surface area (Å²) in [6.45, 7) is 2.65. The van der Waals surface area contributed by atoms with Gasteiger partial charge in [-0.2, -0.15) is 0 Å². The zero-order valence-corrected chi connectivity index (χ0v) is 11.7. The van der Waals surface area contributed by atoms with Crippen molar-refractivity contribution in [1.82, 2.24) is 9.97 Å². The summed E-state index contributed by atoms with van der Waals surface area (Å²) in [4.78, 5) is 7.81. The standard InChI is InChI=1S/C15H16N2OS/c1-2-18-12-5-3-4-11(8-12)13-9-14(19)17-15(16-13)10-6-7-10/h3-5,8-10H,2,6-7H2,1H3,(H,16,17,19). The number of hydrogen-bond donors (Lipinski definition) is 1. The average Bonchev–Trinajstić information content (AvgIpc) is 3.23. The minimum Gasteiger partial charge on any atom is -0.494 e. The minimum absolute atomic E-state index is 0.566. The Balaban J connectivity index is 2.00. The van der Waals surface area contributed by atoms with Gasteiger partial charge in [-0.15, -0.1) is 0 Å². The Morgan fingerprint density at radius 2 is 2.21 bits per heavy atom. The Hall–Kier alpha value is -1.68. The van der Waals surface area contributed by atoms with Crippen molar-refractivity contribution in [3.8, 4) is 17.0 Å². The van der Waals surface area contributed by atoms with Gasteiger partial charge in [0.1, 0.15) is 16.2 Å². The SMILES string of the molecule is CCOc1cccc(-c2cc(=S)nc(C3CC3)[nH]2)c1. The molecule has 1 N–H and O–H groups in total. The summed E-state index contributed by atoms with van der Waals surface area (Å²) >= 11 is 5.26. The molecule has 0 bridgehead atoms. The van der Waals surface area contributed by atoms with Gasteiger partial charge in [-0.25, -0.2) is 4.98 Å². The number of nitrogens with one attached hydrogen (secondary N) is 1. The van der Waals surface area contributed by atoms with Gasteiger partial charge in [0.25, 0.3) is 0 Å². The van der Waals surface area contributed by atoms with Crippen LogP contribution in [0.3, 0.4) is 0 Å². The van der Waals surface area contributed by atoms with Crippen LogP contribution < -0.4 is 4.74 Å². The molecule has 1 aromatic carbocycles. The molecule has 1 aliphatic rings. The molecule has 2 aromatic rings. The molecule has 3 rings (SSSR count). The first-order chi connectivity index (χ1) is 9.26. The number of nitrogens with zero attached hydrogens (tertiary/aromatic N) is 1. The van der Waals surface area contributed by atoms with Gasteiger partial charge >= 0.3 is 0 Å². The third kappa shape index (κ3) is 2.84. The summed E-state index contributed by atoms with van der Waals surface area (Å²) in [5, 5.41) is 0. The summed E-state index contributed by atoms with van der Waals surface area (Å²) in [5.41, 5.74) is 2.10. The second-order valence-electron chi connectivity index (χ2n) is 4.75. The Morgan fingerprint density at radius 3 is 2.95 bits per heavy atom. The van der Waals surface area contributed by atoms with Gasteiger partial charge in [0.15, 0.2) is 0 Å². The number of benzene rings is 1. The molecule has 3 nitrogen and oxygen atoms in total. The normalized spacial score (nSPS) is 14.4. The maximum absolute atomic E-state index is 5.53. The van der Waals surface area contributed by atoms with Crippen LogP contribution >= 0.6 is 12.2 Å². The molecule has 0 saturated heterocycles. The van der Waals surface area contributed by atoms with E-state index in [1.165, 1.54) is 12.8 Å². The molecule has 98 valence electrons. The molecule has 0 aliphatic heterocycles. The van der Waals surface area contributed by atoms with Gasteiger partial charge in [-0.3, -0.25) is 0 Å². The van der Waals surface area contributed by atoms with Crippen LogP contribution in [0, 0.1) is 4.64 Å². The largest absolute Gasteiger partial charge is 0.494 e. The van der Waals surface area contributed by atoms with E-state index in [0.717, 1.165) is 22.8 Å². The molecular weight excluding hydrogens is 256 g/mol. The lowest BCUT2D eigenvalue weighted by molar-refractivity contribution is 0.340. The van der Waals surface area contributed by atoms with Crippen LogP contribution in [-0.2, 0) is 0 Å². The van der Waals surface area contributed by atoms with E-state index in [-0.39, 0.29) is 0 Å².